The molecule has 0 fully saturated rings. The van der Waals surface area contributed by atoms with Crippen molar-refractivity contribution >= 4 is 39.5 Å². The summed E-state index contributed by atoms with van der Waals surface area (Å²) in [6, 6.07) is 12.7. The Bertz CT molecular complexity index is 952. The third-order valence-electron chi connectivity index (χ3n) is 4.28. The minimum atomic E-state index is -0.657. The molecule has 1 heterocycles. The molecule has 1 atom stereocenters. The summed E-state index contributed by atoms with van der Waals surface area (Å²) < 4.78 is 5.59. The molecular formula is C20H18BrN3O4. The van der Waals surface area contributed by atoms with E-state index in [0.29, 0.717) is 28.1 Å². The highest BCUT2D eigenvalue weighted by molar-refractivity contribution is 9.10. The van der Waals surface area contributed by atoms with E-state index in [2.05, 4.69) is 31.9 Å². The maximum atomic E-state index is 12.9. The van der Waals surface area contributed by atoms with Gasteiger partial charge in [0.05, 0.1) is 24.3 Å². The fraction of sp³-hybridized carbons (Fsp3) is 0.150. The molecule has 0 radical (unpaired) electrons. The van der Waals surface area contributed by atoms with Gasteiger partial charge in [0.1, 0.15) is 0 Å². The van der Waals surface area contributed by atoms with Gasteiger partial charge in [-0.05, 0) is 48.9 Å². The van der Waals surface area contributed by atoms with E-state index >= 15 is 0 Å². The van der Waals surface area contributed by atoms with Gasteiger partial charge in [-0.15, -0.1) is 0 Å². The van der Waals surface area contributed by atoms with Crippen LogP contribution in [0, 0.1) is 0 Å². The smallest absolute Gasteiger partial charge is 0.337 e. The summed E-state index contributed by atoms with van der Waals surface area (Å²) in [4.78, 5) is 36.5. The molecule has 2 aromatic rings. The minimum absolute atomic E-state index is 0.339. The zero-order valence-corrected chi connectivity index (χ0v) is 16.8. The van der Waals surface area contributed by atoms with Gasteiger partial charge in [-0.2, -0.15) is 0 Å². The Morgan fingerprint density at radius 1 is 1.07 bits per heavy atom. The summed E-state index contributed by atoms with van der Waals surface area (Å²) in [6.45, 7) is 1.67. The number of hydrogen-bond acceptors (Lipinski definition) is 4. The number of hydrogen-bond donors (Lipinski definition) is 3. The van der Waals surface area contributed by atoms with E-state index in [-0.39, 0.29) is 5.91 Å². The maximum Gasteiger partial charge on any atom is 0.337 e. The summed E-state index contributed by atoms with van der Waals surface area (Å²) >= 11 is 3.35. The number of halogens is 1. The lowest BCUT2D eigenvalue weighted by molar-refractivity contribution is -0.113. The van der Waals surface area contributed by atoms with Crippen molar-refractivity contribution in [3.63, 3.8) is 0 Å². The summed E-state index contributed by atoms with van der Waals surface area (Å²) in [5.74, 6) is -0.796. The van der Waals surface area contributed by atoms with Crippen molar-refractivity contribution in [1.82, 2.24) is 10.6 Å². The number of urea groups is 1. The van der Waals surface area contributed by atoms with Gasteiger partial charge in [0.25, 0.3) is 5.91 Å². The van der Waals surface area contributed by atoms with Crippen molar-refractivity contribution in [2.24, 2.45) is 0 Å². The van der Waals surface area contributed by atoms with Crippen LogP contribution in [0.2, 0.25) is 0 Å². The number of amides is 3. The van der Waals surface area contributed by atoms with Crippen LogP contribution in [-0.4, -0.2) is 25.0 Å². The first-order chi connectivity index (χ1) is 13.4. The number of anilines is 1. The molecule has 0 saturated heterocycles. The second-order valence-corrected chi connectivity index (χ2v) is 7.06. The second kappa shape index (κ2) is 8.26. The van der Waals surface area contributed by atoms with Gasteiger partial charge in [0.15, 0.2) is 0 Å². The minimum Gasteiger partial charge on any atom is -0.465 e. The molecule has 7 nitrogen and oxygen atoms in total. The lowest BCUT2D eigenvalue weighted by Gasteiger charge is -2.28. The number of methoxy groups -OCH3 is 1. The molecule has 0 aromatic heterocycles. The van der Waals surface area contributed by atoms with Crippen LogP contribution in [-0.2, 0) is 9.53 Å². The Balaban J connectivity index is 1.90. The Labute approximate surface area is 170 Å². The lowest BCUT2D eigenvalue weighted by atomic mass is 9.94. The predicted molar refractivity (Wildman–Crippen MR) is 108 cm³/mol. The molecule has 3 N–H and O–H groups in total. The first-order valence-corrected chi connectivity index (χ1v) is 9.22. The molecule has 0 aliphatic carbocycles. The number of benzene rings is 2. The number of allylic oxidation sites excluding steroid dienone is 1. The van der Waals surface area contributed by atoms with Crippen LogP contribution in [0.1, 0.15) is 28.9 Å². The average Bonchev–Trinajstić information content (AvgIpc) is 2.68. The second-order valence-electron chi connectivity index (χ2n) is 6.14. The van der Waals surface area contributed by atoms with Crippen LogP contribution in [0.25, 0.3) is 0 Å². The zero-order chi connectivity index (χ0) is 20.3. The van der Waals surface area contributed by atoms with Crippen molar-refractivity contribution in [2.75, 3.05) is 12.4 Å². The van der Waals surface area contributed by atoms with Gasteiger partial charge in [-0.1, -0.05) is 28.1 Å². The first kappa shape index (κ1) is 19.6. The van der Waals surface area contributed by atoms with Crippen molar-refractivity contribution in [3.05, 3.63) is 75.4 Å². The number of rotatable bonds is 4. The van der Waals surface area contributed by atoms with Crippen molar-refractivity contribution in [1.29, 1.82) is 0 Å². The van der Waals surface area contributed by atoms with Gasteiger partial charge in [-0.3, -0.25) is 4.79 Å². The van der Waals surface area contributed by atoms with E-state index < -0.39 is 18.0 Å². The zero-order valence-electron chi connectivity index (χ0n) is 15.2. The van der Waals surface area contributed by atoms with Crippen molar-refractivity contribution in [2.45, 2.75) is 13.0 Å². The third kappa shape index (κ3) is 4.23. The van der Waals surface area contributed by atoms with Gasteiger partial charge >= 0.3 is 12.0 Å². The fourth-order valence-electron chi connectivity index (χ4n) is 2.91. The number of carbonyl (C=O) groups excluding carboxylic acids is 3. The third-order valence-corrected chi connectivity index (χ3v) is 4.81. The van der Waals surface area contributed by atoms with Gasteiger partial charge < -0.3 is 20.7 Å². The summed E-state index contributed by atoms with van der Waals surface area (Å²) in [5, 5.41) is 8.23. The van der Waals surface area contributed by atoms with Crippen LogP contribution in [0.15, 0.2) is 64.3 Å². The molecular weight excluding hydrogens is 426 g/mol. The lowest BCUT2D eigenvalue weighted by Crippen LogP contribution is -2.45. The van der Waals surface area contributed by atoms with E-state index in [9.17, 15) is 14.4 Å². The monoisotopic (exact) mass is 443 g/mol. The fourth-order valence-corrected chi connectivity index (χ4v) is 3.17. The topological polar surface area (TPSA) is 96.5 Å². The quantitative estimate of drug-likeness (QED) is 0.629. The Morgan fingerprint density at radius 3 is 2.32 bits per heavy atom. The molecule has 0 bridgehead atoms. The van der Waals surface area contributed by atoms with Crippen LogP contribution in [0.3, 0.4) is 0 Å². The number of carbonyl (C=O) groups is 3. The van der Waals surface area contributed by atoms with Crippen LogP contribution < -0.4 is 16.0 Å². The predicted octanol–water partition coefficient (Wildman–Crippen LogP) is 3.50. The first-order valence-electron chi connectivity index (χ1n) is 8.42. The molecule has 0 unspecified atom stereocenters. The molecule has 3 amide bonds. The molecule has 144 valence electrons. The summed E-state index contributed by atoms with van der Waals surface area (Å²) in [5.41, 5.74) is 2.52. The highest BCUT2D eigenvalue weighted by Gasteiger charge is 2.31. The number of esters is 1. The molecule has 0 spiro atoms. The SMILES string of the molecule is COC(=O)c1ccc([C@@H]2NC(=O)NC(C)=C2C(=O)Nc2ccc(Br)cc2)cc1. The Morgan fingerprint density at radius 2 is 1.71 bits per heavy atom. The highest BCUT2D eigenvalue weighted by atomic mass is 79.9. The van der Waals surface area contributed by atoms with Gasteiger partial charge in [0, 0.05) is 15.9 Å². The molecule has 0 saturated carbocycles. The summed E-state index contributed by atoms with van der Waals surface area (Å²) in [6.07, 6.45) is 0. The highest BCUT2D eigenvalue weighted by Crippen LogP contribution is 2.28. The van der Waals surface area contributed by atoms with Crippen LogP contribution in [0.5, 0.6) is 0 Å². The Hall–Kier alpha value is -3.13. The normalized spacial score (nSPS) is 16.1. The maximum absolute atomic E-state index is 12.9. The largest absolute Gasteiger partial charge is 0.465 e. The van der Waals surface area contributed by atoms with Crippen molar-refractivity contribution in [3.8, 4) is 0 Å². The molecule has 1 aliphatic heterocycles. The number of ether oxygens (including phenoxy) is 1. The van der Waals surface area contributed by atoms with Gasteiger partial charge in [0.2, 0.25) is 0 Å². The molecule has 2 aromatic carbocycles. The van der Waals surface area contributed by atoms with Crippen LogP contribution >= 0.6 is 15.9 Å². The average molecular weight is 444 g/mol. The molecule has 28 heavy (non-hydrogen) atoms. The molecule has 1 aliphatic rings. The molecule has 8 heteroatoms. The molecule has 3 rings (SSSR count). The van der Waals surface area contributed by atoms with E-state index in [0.717, 1.165) is 4.47 Å². The van der Waals surface area contributed by atoms with E-state index in [1.807, 2.05) is 12.1 Å². The number of nitrogens with one attached hydrogen (secondary N) is 3. The van der Waals surface area contributed by atoms with E-state index in [1.165, 1.54) is 7.11 Å². The van der Waals surface area contributed by atoms with Gasteiger partial charge in [-0.25, -0.2) is 9.59 Å². The van der Waals surface area contributed by atoms with E-state index in [4.69, 9.17) is 4.74 Å². The summed E-state index contributed by atoms with van der Waals surface area (Å²) in [7, 11) is 1.31. The van der Waals surface area contributed by atoms with Crippen LogP contribution in [0.4, 0.5) is 10.5 Å². The van der Waals surface area contributed by atoms with E-state index in [1.54, 1.807) is 43.3 Å². The van der Waals surface area contributed by atoms with Crippen molar-refractivity contribution < 1.29 is 19.1 Å². The Kier molecular flexibility index (Phi) is 5.79. The standard InChI is InChI=1S/C20H18BrN3O4/c1-11-16(18(25)23-15-9-7-14(21)8-10-15)17(24-20(27)22-11)12-3-5-13(6-4-12)19(26)28-2/h3-10,17H,1-2H3,(H,23,25)(H2,22,24,27)/t17-/m0/s1.